The topological polar surface area (TPSA) is 127 Å². The lowest BCUT2D eigenvalue weighted by atomic mass is 10.1. The van der Waals surface area contributed by atoms with Crippen LogP contribution in [-0.2, 0) is 9.59 Å². The van der Waals surface area contributed by atoms with Crippen molar-refractivity contribution in [1.29, 1.82) is 0 Å². The SMILES string of the molecule is CCCCC(SSCC(N)C(=O)O)C(N)C(=O)O. The molecule has 0 spiro atoms. The first-order valence-corrected chi connectivity index (χ1v) is 8.03. The van der Waals surface area contributed by atoms with Crippen molar-refractivity contribution in [3.8, 4) is 0 Å². The lowest BCUT2D eigenvalue weighted by Crippen LogP contribution is -2.40. The molecular weight excluding hydrogens is 276 g/mol. The molecule has 3 unspecified atom stereocenters. The lowest BCUT2D eigenvalue weighted by molar-refractivity contribution is -0.139. The van der Waals surface area contributed by atoms with Crippen molar-refractivity contribution in [2.45, 2.75) is 43.5 Å². The van der Waals surface area contributed by atoms with Gasteiger partial charge < -0.3 is 21.7 Å². The molecular formula is C10H20N2O4S2. The molecule has 0 amide bonds. The molecule has 18 heavy (non-hydrogen) atoms. The highest BCUT2D eigenvalue weighted by Crippen LogP contribution is 2.32. The smallest absolute Gasteiger partial charge is 0.321 e. The van der Waals surface area contributed by atoms with Gasteiger partial charge in [-0.25, -0.2) is 0 Å². The van der Waals surface area contributed by atoms with Crippen molar-refractivity contribution in [3.05, 3.63) is 0 Å². The maximum Gasteiger partial charge on any atom is 0.321 e. The number of rotatable bonds is 10. The first-order valence-electron chi connectivity index (χ1n) is 5.65. The number of hydrogen-bond acceptors (Lipinski definition) is 6. The molecule has 106 valence electrons. The molecule has 0 aliphatic heterocycles. The second-order valence-electron chi connectivity index (χ2n) is 3.87. The molecule has 0 aliphatic rings. The van der Waals surface area contributed by atoms with Gasteiger partial charge in [-0.3, -0.25) is 9.59 Å². The number of nitrogens with two attached hydrogens (primary N) is 2. The summed E-state index contributed by atoms with van der Waals surface area (Å²) in [7, 11) is 2.57. The minimum atomic E-state index is -1.06. The molecule has 0 radical (unpaired) electrons. The van der Waals surface area contributed by atoms with Gasteiger partial charge in [0.15, 0.2) is 0 Å². The third-order valence-corrected chi connectivity index (χ3v) is 5.25. The zero-order valence-corrected chi connectivity index (χ0v) is 11.9. The van der Waals surface area contributed by atoms with E-state index in [1.165, 1.54) is 21.6 Å². The van der Waals surface area contributed by atoms with E-state index in [1.54, 1.807) is 0 Å². The van der Waals surface area contributed by atoms with E-state index in [0.717, 1.165) is 12.8 Å². The summed E-state index contributed by atoms with van der Waals surface area (Å²) >= 11 is 0. The molecule has 0 bridgehead atoms. The highest BCUT2D eigenvalue weighted by Gasteiger charge is 2.25. The van der Waals surface area contributed by atoms with Gasteiger partial charge in [0.25, 0.3) is 0 Å². The van der Waals surface area contributed by atoms with Gasteiger partial charge in [-0.2, -0.15) is 0 Å². The standard InChI is InChI=1S/C10H20N2O4S2/c1-2-3-4-7(8(12)10(15)16)18-17-5-6(11)9(13)14/h6-8H,2-5,11-12H2,1H3,(H,13,14)(H,15,16). The van der Waals surface area contributed by atoms with Crippen LogP contribution < -0.4 is 11.5 Å². The molecule has 6 N–H and O–H groups in total. The Kier molecular flexibility index (Phi) is 9.25. The summed E-state index contributed by atoms with van der Waals surface area (Å²) in [5.41, 5.74) is 11.0. The Morgan fingerprint density at radius 1 is 1.22 bits per heavy atom. The van der Waals surface area contributed by atoms with Gasteiger partial charge in [-0.1, -0.05) is 41.4 Å². The van der Waals surface area contributed by atoms with E-state index in [9.17, 15) is 9.59 Å². The number of unbranched alkanes of at least 4 members (excludes halogenated alkanes) is 1. The van der Waals surface area contributed by atoms with Crippen molar-refractivity contribution in [2.24, 2.45) is 11.5 Å². The predicted molar refractivity (Wildman–Crippen MR) is 74.6 cm³/mol. The van der Waals surface area contributed by atoms with Crippen LogP contribution in [0.4, 0.5) is 0 Å². The van der Waals surface area contributed by atoms with Gasteiger partial charge in [0, 0.05) is 11.0 Å². The van der Waals surface area contributed by atoms with Gasteiger partial charge in [0.05, 0.1) is 0 Å². The monoisotopic (exact) mass is 296 g/mol. The van der Waals surface area contributed by atoms with Gasteiger partial charge >= 0.3 is 11.9 Å². The molecule has 8 heteroatoms. The summed E-state index contributed by atoms with van der Waals surface area (Å²) in [5, 5.41) is 17.3. The van der Waals surface area contributed by atoms with Crippen LogP contribution in [0, 0.1) is 0 Å². The number of carbonyl (C=O) groups is 2. The van der Waals surface area contributed by atoms with Gasteiger partial charge in [0.1, 0.15) is 12.1 Å². The fourth-order valence-electron chi connectivity index (χ4n) is 1.12. The molecule has 0 aromatic carbocycles. The van der Waals surface area contributed by atoms with Crippen LogP contribution in [0.1, 0.15) is 26.2 Å². The summed E-state index contributed by atoms with van der Waals surface area (Å²) in [4.78, 5) is 21.4. The summed E-state index contributed by atoms with van der Waals surface area (Å²) in [5.74, 6) is -1.86. The molecule has 0 rings (SSSR count). The molecule has 0 heterocycles. The number of aliphatic carboxylic acids is 2. The first kappa shape index (κ1) is 17.6. The number of carboxylic acid groups (broad SMARTS) is 2. The number of carboxylic acids is 2. The highest BCUT2D eigenvalue weighted by atomic mass is 33.1. The van der Waals surface area contributed by atoms with Crippen molar-refractivity contribution in [3.63, 3.8) is 0 Å². The molecule has 6 nitrogen and oxygen atoms in total. The maximum absolute atomic E-state index is 10.8. The quantitative estimate of drug-likeness (QED) is 0.435. The minimum absolute atomic E-state index is 0.228. The maximum atomic E-state index is 10.8. The van der Waals surface area contributed by atoms with Crippen LogP contribution in [0.3, 0.4) is 0 Å². The average Bonchev–Trinajstić information content (AvgIpc) is 2.31. The Morgan fingerprint density at radius 2 is 1.83 bits per heavy atom. The van der Waals surface area contributed by atoms with Gasteiger partial charge in [0.2, 0.25) is 0 Å². The Labute approximate surface area is 114 Å². The van der Waals surface area contributed by atoms with Crippen molar-refractivity contribution in [1.82, 2.24) is 0 Å². The lowest BCUT2D eigenvalue weighted by Gasteiger charge is -2.19. The third-order valence-electron chi connectivity index (χ3n) is 2.28. The fraction of sp³-hybridized carbons (Fsp3) is 0.800. The molecule has 0 aromatic rings. The summed E-state index contributed by atoms with van der Waals surface area (Å²) < 4.78 is 0. The van der Waals surface area contributed by atoms with Crippen LogP contribution in [0.15, 0.2) is 0 Å². The summed E-state index contributed by atoms with van der Waals surface area (Å²) in [6.45, 7) is 2.02. The Bertz CT molecular complexity index is 279. The van der Waals surface area contributed by atoms with Crippen molar-refractivity contribution >= 4 is 33.5 Å². The van der Waals surface area contributed by atoms with E-state index in [0.29, 0.717) is 6.42 Å². The summed E-state index contributed by atoms with van der Waals surface area (Å²) in [6, 6.07) is -1.87. The highest BCUT2D eigenvalue weighted by molar-refractivity contribution is 8.77. The van der Waals surface area contributed by atoms with E-state index < -0.39 is 24.0 Å². The Hall–Kier alpha value is -0.440. The fourth-order valence-corrected chi connectivity index (χ4v) is 4.01. The second-order valence-corrected chi connectivity index (χ2v) is 6.52. The molecule has 0 saturated heterocycles. The average molecular weight is 296 g/mol. The normalized spacial score (nSPS) is 15.9. The molecule has 3 atom stereocenters. The van der Waals surface area contributed by atoms with E-state index in [2.05, 4.69) is 0 Å². The van der Waals surface area contributed by atoms with Crippen molar-refractivity contribution < 1.29 is 19.8 Å². The van der Waals surface area contributed by atoms with Crippen LogP contribution in [0.5, 0.6) is 0 Å². The Morgan fingerprint density at radius 3 is 2.28 bits per heavy atom. The van der Waals surface area contributed by atoms with Gasteiger partial charge in [-0.15, -0.1) is 0 Å². The van der Waals surface area contributed by atoms with Crippen LogP contribution in [-0.4, -0.2) is 45.2 Å². The second kappa shape index (κ2) is 9.48. The van der Waals surface area contributed by atoms with Crippen LogP contribution >= 0.6 is 21.6 Å². The Balaban J connectivity index is 4.16. The summed E-state index contributed by atoms with van der Waals surface area (Å²) in [6.07, 6.45) is 2.55. The van der Waals surface area contributed by atoms with E-state index in [-0.39, 0.29) is 11.0 Å². The van der Waals surface area contributed by atoms with E-state index in [1.807, 2.05) is 6.92 Å². The zero-order chi connectivity index (χ0) is 14.1. The van der Waals surface area contributed by atoms with Crippen LogP contribution in [0.2, 0.25) is 0 Å². The van der Waals surface area contributed by atoms with E-state index in [4.69, 9.17) is 21.7 Å². The first-order chi connectivity index (χ1) is 8.40. The largest absolute Gasteiger partial charge is 0.480 e. The van der Waals surface area contributed by atoms with Crippen molar-refractivity contribution in [2.75, 3.05) is 5.75 Å². The minimum Gasteiger partial charge on any atom is -0.480 e. The van der Waals surface area contributed by atoms with Gasteiger partial charge in [-0.05, 0) is 6.42 Å². The zero-order valence-electron chi connectivity index (χ0n) is 10.2. The third kappa shape index (κ3) is 7.10. The van der Waals surface area contributed by atoms with E-state index >= 15 is 0 Å². The molecule has 0 fully saturated rings. The van der Waals surface area contributed by atoms with Crippen LogP contribution in [0.25, 0.3) is 0 Å². The molecule has 0 aromatic heterocycles. The molecule has 0 aliphatic carbocycles. The number of hydrogen-bond donors (Lipinski definition) is 4. The predicted octanol–water partition coefficient (Wildman–Crippen LogP) is 0.750. The molecule has 0 saturated carbocycles.